The van der Waals surface area contributed by atoms with Crippen molar-refractivity contribution in [1.82, 2.24) is 20.5 Å². The number of para-hydroxylation sites is 1. The quantitative estimate of drug-likeness (QED) is 0.0627. The third-order valence-electron chi connectivity index (χ3n) is 9.36. The summed E-state index contributed by atoms with van der Waals surface area (Å²) >= 11 is 8.27. The third kappa shape index (κ3) is 10.7. The number of hydrogen-bond acceptors (Lipinski definition) is 11. The van der Waals surface area contributed by atoms with E-state index in [0.29, 0.717) is 36.7 Å². The Kier molecular flexibility index (Phi) is 14.3. The van der Waals surface area contributed by atoms with Crippen LogP contribution in [0.1, 0.15) is 56.6 Å². The van der Waals surface area contributed by atoms with E-state index < -0.39 is 36.9 Å². The fraction of sp³-hybridized carbons (Fsp3) is 0.500. The van der Waals surface area contributed by atoms with Gasteiger partial charge in [-0.2, -0.15) is 0 Å². The molecule has 282 valence electrons. The molecule has 7 N–H and O–H groups in total. The van der Waals surface area contributed by atoms with Crippen LogP contribution >= 0.6 is 23.4 Å². The summed E-state index contributed by atoms with van der Waals surface area (Å²) in [6, 6.07) is 16.1. The molecular weight excluding hydrogens is 708 g/mol. The van der Waals surface area contributed by atoms with Gasteiger partial charge in [-0.05, 0) is 91.3 Å². The number of benzene rings is 2. The Morgan fingerprint density at radius 2 is 1.79 bits per heavy atom. The second-order valence-corrected chi connectivity index (χ2v) is 15.0. The summed E-state index contributed by atoms with van der Waals surface area (Å²) in [6.07, 6.45) is 1.45. The first-order valence-corrected chi connectivity index (χ1v) is 19.1. The van der Waals surface area contributed by atoms with E-state index >= 15 is 0 Å². The maximum Gasteiger partial charge on any atom is 0.254 e. The minimum absolute atomic E-state index is 0.183. The number of halogens is 1. The third-order valence-corrected chi connectivity index (χ3v) is 10.8. The zero-order chi connectivity index (χ0) is 37.3. The molecule has 1 aromatic heterocycles. The van der Waals surface area contributed by atoms with Crippen LogP contribution in [-0.2, 0) is 21.7 Å². The van der Waals surface area contributed by atoms with Crippen LogP contribution in [0.4, 0.5) is 0 Å². The monoisotopic (exact) mass is 756 g/mol. The average Bonchev–Trinajstić information content (AvgIpc) is 4.10. The lowest BCUT2D eigenvalue weighted by molar-refractivity contribution is -0.158. The minimum atomic E-state index is -2.01. The van der Waals surface area contributed by atoms with Gasteiger partial charge in [0.05, 0.1) is 12.7 Å². The van der Waals surface area contributed by atoms with Gasteiger partial charge in [0.2, 0.25) is 5.91 Å². The van der Waals surface area contributed by atoms with Crippen molar-refractivity contribution in [2.75, 3.05) is 32.0 Å². The molecule has 5 rings (SSSR count). The number of aliphatic hydroxyl groups excluding tert-OH is 5. The molecule has 2 saturated carbocycles. The Bertz CT molecular complexity index is 1660. The normalized spacial score (nSPS) is 17.1. The van der Waals surface area contributed by atoms with Gasteiger partial charge in [-0.3, -0.25) is 14.6 Å². The number of rotatable bonds is 21. The summed E-state index contributed by atoms with van der Waals surface area (Å²) in [4.78, 5) is 31.3. The topological polar surface area (TPSA) is 185 Å². The summed E-state index contributed by atoms with van der Waals surface area (Å²) in [5.74, 6) is 0.482. The molecule has 14 heteroatoms. The molecule has 4 unspecified atom stereocenters. The minimum Gasteiger partial charge on any atom is -0.490 e. The number of carbonyl (C=O) groups excluding carboxylic acids is 2. The molecular formula is C38H49ClN4O8S. The lowest BCUT2D eigenvalue weighted by Crippen LogP contribution is -2.53. The lowest BCUT2D eigenvalue weighted by Gasteiger charge is -2.30. The highest BCUT2D eigenvalue weighted by atomic mass is 35.5. The van der Waals surface area contributed by atoms with E-state index in [1.165, 1.54) is 11.8 Å². The zero-order valence-corrected chi connectivity index (χ0v) is 30.9. The molecule has 2 amide bonds. The molecule has 0 radical (unpaired) electrons. The van der Waals surface area contributed by atoms with Gasteiger partial charge in [-0.1, -0.05) is 29.8 Å². The van der Waals surface area contributed by atoms with Crippen LogP contribution in [0.2, 0.25) is 5.02 Å². The standard InChI is InChI=1S/C38H49ClN4O8S/c1-24(45)41-15-4-17-43(37(50)36(49)35(48)34(47)32(46)23-44)18-5-19-52-27-10-11-31(39)25(20-27)21-42-38(13-14-38)30-22-40-16-12-28(30)29-6-2-3-7-33(29)51-26-8-9-26/h2-3,6-7,10-12,16,20,22,26,32,34-36,42,44,46-49H,4-5,8-9,13-15,17-19,21,23H2,1H3,(H,41,45). The predicted octanol–water partition coefficient (Wildman–Crippen LogP) is 3.00. The number of nitrogens with zero attached hydrogens (tertiary/aromatic N) is 2. The largest absolute Gasteiger partial charge is 0.490 e. The average molecular weight is 757 g/mol. The molecule has 52 heavy (non-hydrogen) atoms. The van der Waals surface area contributed by atoms with Crippen LogP contribution in [0.5, 0.6) is 5.75 Å². The highest BCUT2D eigenvalue weighted by Crippen LogP contribution is 2.50. The van der Waals surface area contributed by atoms with Gasteiger partial charge >= 0.3 is 0 Å². The SMILES string of the molecule is CC(=O)NCCCN(CCCSc1ccc(Cl)c(CNC2(c3cnccc3-c3ccccc3OC3CC3)CC2)c1)C(=O)C(O)C(O)C(O)C(O)CO. The highest BCUT2D eigenvalue weighted by molar-refractivity contribution is 7.99. The number of pyridine rings is 1. The molecule has 1 heterocycles. The fourth-order valence-electron chi connectivity index (χ4n) is 6.04. The summed E-state index contributed by atoms with van der Waals surface area (Å²) in [5, 5.41) is 56.7. The molecule has 0 saturated heterocycles. The van der Waals surface area contributed by atoms with Gasteiger partial charge in [-0.15, -0.1) is 11.8 Å². The molecule has 2 aliphatic rings. The number of hydrogen-bond donors (Lipinski definition) is 7. The number of aromatic nitrogens is 1. The maximum absolute atomic E-state index is 13.1. The van der Waals surface area contributed by atoms with Crippen molar-refractivity contribution in [3.8, 4) is 16.9 Å². The maximum atomic E-state index is 13.1. The highest BCUT2D eigenvalue weighted by Gasteiger charge is 2.46. The number of ether oxygens (including phenoxy) is 1. The van der Waals surface area contributed by atoms with E-state index in [1.807, 2.05) is 42.7 Å². The van der Waals surface area contributed by atoms with Crippen molar-refractivity contribution >= 4 is 35.2 Å². The fourth-order valence-corrected chi connectivity index (χ4v) is 7.13. The van der Waals surface area contributed by atoms with Crippen LogP contribution in [0.25, 0.3) is 11.1 Å². The van der Waals surface area contributed by atoms with E-state index in [-0.39, 0.29) is 30.6 Å². The van der Waals surface area contributed by atoms with E-state index in [1.54, 1.807) is 11.8 Å². The van der Waals surface area contributed by atoms with Gasteiger partial charge in [-0.25, -0.2) is 0 Å². The Hall–Kier alpha value is -3.27. The zero-order valence-electron chi connectivity index (χ0n) is 29.3. The summed E-state index contributed by atoms with van der Waals surface area (Å²) in [7, 11) is 0. The van der Waals surface area contributed by atoms with Crippen LogP contribution in [0.15, 0.2) is 65.8 Å². The van der Waals surface area contributed by atoms with Gasteiger partial charge in [0, 0.05) is 66.5 Å². The molecule has 4 atom stereocenters. The van der Waals surface area contributed by atoms with Gasteiger partial charge in [0.25, 0.3) is 5.91 Å². The first-order valence-electron chi connectivity index (χ1n) is 17.8. The number of aliphatic hydroxyl groups is 5. The van der Waals surface area contributed by atoms with Crippen molar-refractivity contribution in [2.45, 2.75) is 92.9 Å². The van der Waals surface area contributed by atoms with Crippen LogP contribution in [0.3, 0.4) is 0 Å². The van der Waals surface area contributed by atoms with Crippen molar-refractivity contribution < 1.29 is 39.9 Å². The van der Waals surface area contributed by atoms with E-state index in [9.17, 15) is 30.0 Å². The molecule has 0 bridgehead atoms. The van der Waals surface area contributed by atoms with E-state index in [2.05, 4.69) is 33.8 Å². The Labute approximate surface area is 313 Å². The van der Waals surface area contributed by atoms with E-state index in [4.69, 9.17) is 21.4 Å². The molecule has 2 aromatic carbocycles. The molecule has 12 nitrogen and oxygen atoms in total. The Morgan fingerprint density at radius 3 is 2.50 bits per heavy atom. The van der Waals surface area contributed by atoms with Crippen molar-refractivity contribution in [1.29, 1.82) is 0 Å². The predicted molar refractivity (Wildman–Crippen MR) is 199 cm³/mol. The second kappa shape index (κ2) is 18.7. The number of thioether (sulfide) groups is 1. The van der Waals surface area contributed by atoms with Crippen LogP contribution in [0, 0.1) is 0 Å². The van der Waals surface area contributed by atoms with Crippen molar-refractivity contribution in [2.24, 2.45) is 0 Å². The van der Waals surface area contributed by atoms with Gasteiger partial charge in [0.15, 0.2) is 6.10 Å². The summed E-state index contributed by atoms with van der Waals surface area (Å²) in [5.41, 5.74) is 4.03. The number of nitrogens with one attached hydrogen (secondary N) is 2. The first-order chi connectivity index (χ1) is 25.0. The van der Waals surface area contributed by atoms with Crippen molar-refractivity contribution in [3.63, 3.8) is 0 Å². The van der Waals surface area contributed by atoms with Crippen LogP contribution in [-0.4, -0.2) is 110 Å². The molecule has 3 aromatic rings. The Balaban J connectivity index is 1.19. The van der Waals surface area contributed by atoms with E-state index in [0.717, 1.165) is 58.6 Å². The first kappa shape index (κ1) is 39.9. The number of carbonyl (C=O) groups is 2. The molecule has 2 aliphatic carbocycles. The summed E-state index contributed by atoms with van der Waals surface area (Å²) < 4.78 is 6.25. The van der Waals surface area contributed by atoms with Crippen molar-refractivity contribution in [3.05, 3.63) is 77.1 Å². The molecule has 0 aliphatic heterocycles. The smallest absolute Gasteiger partial charge is 0.254 e. The van der Waals surface area contributed by atoms with Gasteiger partial charge < -0.3 is 45.8 Å². The molecule has 0 spiro atoms. The van der Waals surface area contributed by atoms with Crippen LogP contribution < -0.4 is 15.4 Å². The number of amides is 2. The van der Waals surface area contributed by atoms with Gasteiger partial charge in [0.1, 0.15) is 24.1 Å². The Morgan fingerprint density at radius 1 is 1.04 bits per heavy atom. The lowest BCUT2D eigenvalue weighted by atomic mass is 9.94. The second-order valence-electron chi connectivity index (χ2n) is 13.5. The molecule has 2 fully saturated rings. The summed E-state index contributed by atoms with van der Waals surface area (Å²) in [6.45, 7) is 1.82.